The Kier molecular flexibility index (Phi) is 4.29. The standard InChI is InChI=1S/C15H18S/c1-13-7-9-15(10-8-13)16-12-11-14-5-3-2-4-6-14/h2-7,9H,8,10-12H2,1H3. The van der Waals surface area contributed by atoms with Gasteiger partial charge in [-0.05, 0) is 36.7 Å². The molecule has 0 N–H and O–H groups in total. The van der Waals surface area contributed by atoms with Gasteiger partial charge < -0.3 is 0 Å². The molecule has 0 spiro atoms. The molecule has 0 aliphatic heterocycles. The van der Waals surface area contributed by atoms with E-state index in [9.17, 15) is 0 Å². The molecule has 1 aliphatic carbocycles. The van der Waals surface area contributed by atoms with Gasteiger partial charge in [-0.3, -0.25) is 0 Å². The Morgan fingerprint density at radius 3 is 2.56 bits per heavy atom. The fourth-order valence-electron chi connectivity index (χ4n) is 1.79. The topological polar surface area (TPSA) is 0 Å². The predicted octanol–water partition coefficient (Wildman–Crippen LogP) is 4.59. The maximum absolute atomic E-state index is 2.29. The number of thioether (sulfide) groups is 1. The van der Waals surface area contributed by atoms with E-state index in [1.165, 1.54) is 36.2 Å². The summed E-state index contributed by atoms with van der Waals surface area (Å²) in [6.45, 7) is 2.21. The van der Waals surface area contributed by atoms with Crippen molar-refractivity contribution in [3.63, 3.8) is 0 Å². The number of benzene rings is 1. The molecule has 2 rings (SSSR count). The van der Waals surface area contributed by atoms with Crippen molar-refractivity contribution in [1.29, 1.82) is 0 Å². The Labute approximate surface area is 102 Å². The van der Waals surface area contributed by atoms with Gasteiger partial charge in [-0.25, -0.2) is 0 Å². The molecule has 16 heavy (non-hydrogen) atoms. The highest BCUT2D eigenvalue weighted by atomic mass is 32.2. The second-order valence-corrected chi connectivity index (χ2v) is 5.45. The first-order valence-corrected chi connectivity index (χ1v) is 6.86. The molecular weight excluding hydrogens is 212 g/mol. The van der Waals surface area contributed by atoms with Gasteiger partial charge in [0.25, 0.3) is 0 Å². The van der Waals surface area contributed by atoms with E-state index in [-0.39, 0.29) is 0 Å². The van der Waals surface area contributed by atoms with E-state index in [0.29, 0.717) is 0 Å². The second-order valence-electron chi connectivity index (χ2n) is 4.23. The van der Waals surface area contributed by atoms with E-state index < -0.39 is 0 Å². The third-order valence-corrected chi connectivity index (χ3v) is 3.96. The molecule has 0 saturated heterocycles. The minimum atomic E-state index is 1.17. The van der Waals surface area contributed by atoms with Crippen LogP contribution in [0, 0.1) is 0 Å². The molecule has 0 heterocycles. The van der Waals surface area contributed by atoms with Gasteiger partial charge in [0.1, 0.15) is 0 Å². The van der Waals surface area contributed by atoms with Crippen molar-refractivity contribution >= 4 is 11.8 Å². The molecule has 0 radical (unpaired) electrons. The summed E-state index contributed by atoms with van der Waals surface area (Å²) < 4.78 is 0. The van der Waals surface area contributed by atoms with Crippen molar-refractivity contribution < 1.29 is 0 Å². The number of allylic oxidation sites excluding steroid dienone is 4. The molecule has 1 aromatic carbocycles. The van der Waals surface area contributed by atoms with Crippen LogP contribution in [0.1, 0.15) is 25.3 Å². The van der Waals surface area contributed by atoms with E-state index in [4.69, 9.17) is 0 Å². The van der Waals surface area contributed by atoms with E-state index in [2.05, 4.69) is 49.4 Å². The Balaban J connectivity index is 1.77. The first-order valence-electron chi connectivity index (χ1n) is 5.87. The third kappa shape index (κ3) is 3.57. The molecule has 1 aliphatic rings. The van der Waals surface area contributed by atoms with E-state index >= 15 is 0 Å². The van der Waals surface area contributed by atoms with Crippen LogP contribution in [0.3, 0.4) is 0 Å². The molecule has 0 saturated carbocycles. The summed E-state index contributed by atoms with van der Waals surface area (Å²) in [4.78, 5) is 1.54. The average Bonchev–Trinajstić information content (AvgIpc) is 2.33. The Bertz CT molecular complexity index is 387. The summed E-state index contributed by atoms with van der Waals surface area (Å²) in [5.74, 6) is 1.20. The summed E-state index contributed by atoms with van der Waals surface area (Å²) in [6.07, 6.45) is 8.19. The lowest BCUT2D eigenvalue weighted by molar-refractivity contribution is 0.948. The van der Waals surface area contributed by atoms with Gasteiger partial charge in [-0.2, -0.15) is 0 Å². The zero-order valence-electron chi connectivity index (χ0n) is 9.78. The number of hydrogen-bond acceptors (Lipinski definition) is 1. The molecule has 0 nitrogen and oxygen atoms in total. The normalized spacial score (nSPS) is 15.6. The summed E-state index contributed by atoms with van der Waals surface area (Å²) in [6, 6.07) is 10.7. The maximum Gasteiger partial charge on any atom is 0.00173 e. The molecule has 0 amide bonds. The molecule has 84 valence electrons. The molecular formula is C15H18S. The quantitative estimate of drug-likeness (QED) is 0.729. The molecule has 1 aromatic rings. The SMILES string of the molecule is CC1=CC=C(SCCc2ccccc2)CC1. The first-order chi connectivity index (χ1) is 7.84. The van der Waals surface area contributed by atoms with Crippen LogP contribution < -0.4 is 0 Å². The van der Waals surface area contributed by atoms with Gasteiger partial charge in [0.15, 0.2) is 0 Å². The second kappa shape index (κ2) is 5.95. The van der Waals surface area contributed by atoms with E-state index in [1.807, 2.05) is 11.8 Å². The molecule has 0 atom stereocenters. The van der Waals surface area contributed by atoms with Crippen molar-refractivity contribution in [2.24, 2.45) is 0 Å². The summed E-state index contributed by atoms with van der Waals surface area (Å²) in [5.41, 5.74) is 2.95. The smallest absolute Gasteiger partial charge is 0.00173 e. The number of hydrogen-bond donors (Lipinski definition) is 0. The zero-order valence-corrected chi connectivity index (χ0v) is 10.6. The van der Waals surface area contributed by atoms with Crippen molar-refractivity contribution in [3.8, 4) is 0 Å². The lowest BCUT2D eigenvalue weighted by atomic mass is 10.1. The molecule has 0 fully saturated rings. The molecule has 0 aromatic heterocycles. The van der Waals surface area contributed by atoms with Crippen LogP contribution in [0.4, 0.5) is 0 Å². The van der Waals surface area contributed by atoms with Gasteiger partial charge in [0, 0.05) is 5.75 Å². The molecule has 0 bridgehead atoms. The highest BCUT2D eigenvalue weighted by Gasteiger charge is 2.03. The average molecular weight is 230 g/mol. The van der Waals surface area contributed by atoms with Crippen molar-refractivity contribution in [2.45, 2.75) is 26.2 Å². The highest BCUT2D eigenvalue weighted by molar-refractivity contribution is 8.03. The van der Waals surface area contributed by atoms with Crippen LogP contribution in [0.15, 0.2) is 53.0 Å². The third-order valence-electron chi connectivity index (χ3n) is 2.84. The van der Waals surface area contributed by atoms with Crippen LogP contribution in [0.5, 0.6) is 0 Å². The summed E-state index contributed by atoms with van der Waals surface area (Å²) in [7, 11) is 0. The van der Waals surface area contributed by atoms with E-state index in [1.54, 1.807) is 4.91 Å². The maximum atomic E-state index is 2.29. The van der Waals surface area contributed by atoms with Crippen LogP contribution in [-0.4, -0.2) is 5.75 Å². The fraction of sp³-hybridized carbons (Fsp3) is 0.333. The van der Waals surface area contributed by atoms with Crippen LogP contribution in [0.25, 0.3) is 0 Å². The monoisotopic (exact) mass is 230 g/mol. The lowest BCUT2D eigenvalue weighted by Crippen LogP contribution is -1.92. The Morgan fingerprint density at radius 2 is 1.88 bits per heavy atom. The molecule has 1 heteroatoms. The van der Waals surface area contributed by atoms with Gasteiger partial charge in [0.2, 0.25) is 0 Å². The Morgan fingerprint density at radius 1 is 1.06 bits per heavy atom. The van der Waals surface area contributed by atoms with Crippen molar-refractivity contribution in [3.05, 3.63) is 58.5 Å². The van der Waals surface area contributed by atoms with Crippen molar-refractivity contribution in [2.75, 3.05) is 5.75 Å². The van der Waals surface area contributed by atoms with Crippen LogP contribution in [-0.2, 0) is 6.42 Å². The first kappa shape index (κ1) is 11.5. The Hall–Kier alpha value is -0.950. The number of rotatable bonds is 4. The highest BCUT2D eigenvalue weighted by Crippen LogP contribution is 2.27. The minimum Gasteiger partial charge on any atom is -0.130 e. The van der Waals surface area contributed by atoms with Crippen LogP contribution in [0.2, 0.25) is 0 Å². The van der Waals surface area contributed by atoms with Gasteiger partial charge >= 0.3 is 0 Å². The fourth-order valence-corrected chi connectivity index (χ4v) is 2.80. The summed E-state index contributed by atoms with van der Waals surface area (Å²) >= 11 is 2.01. The van der Waals surface area contributed by atoms with Gasteiger partial charge in [-0.1, -0.05) is 48.1 Å². The predicted molar refractivity (Wildman–Crippen MR) is 73.7 cm³/mol. The minimum absolute atomic E-state index is 1.17. The lowest BCUT2D eigenvalue weighted by Gasteiger charge is -2.11. The van der Waals surface area contributed by atoms with Gasteiger partial charge in [0.05, 0.1) is 0 Å². The zero-order chi connectivity index (χ0) is 11.2. The van der Waals surface area contributed by atoms with Crippen molar-refractivity contribution in [1.82, 2.24) is 0 Å². The molecule has 0 unspecified atom stereocenters. The van der Waals surface area contributed by atoms with Gasteiger partial charge in [-0.15, -0.1) is 11.8 Å². The summed E-state index contributed by atoms with van der Waals surface area (Å²) in [5, 5.41) is 0. The van der Waals surface area contributed by atoms with Crippen LogP contribution >= 0.6 is 11.8 Å². The van der Waals surface area contributed by atoms with E-state index in [0.717, 1.165) is 0 Å². The number of aryl methyl sites for hydroxylation is 1. The largest absolute Gasteiger partial charge is 0.130 e.